The third-order valence-electron chi connectivity index (χ3n) is 3.44. The molecule has 1 aromatic heterocycles. The molecule has 0 aliphatic rings. The van der Waals surface area contributed by atoms with E-state index in [-0.39, 0.29) is 12.3 Å². The van der Waals surface area contributed by atoms with Crippen molar-refractivity contribution in [3.05, 3.63) is 40.9 Å². The van der Waals surface area contributed by atoms with Crippen molar-refractivity contribution in [2.24, 2.45) is 0 Å². The molecule has 0 radical (unpaired) electrons. The van der Waals surface area contributed by atoms with Gasteiger partial charge in [0, 0.05) is 17.5 Å². The van der Waals surface area contributed by atoms with Gasteiger partial charge >= 0.3 is 5.97 Å². The van der Waals surface area contributed by atoms with E-state index in [1.54, 1.807) is 0 Å². The van der Waals surface area contributed by atoms with Crippen LogP contribution < -0.4 is 5.32 Å². The SMILES string of the molecule is Cc1nc(-c2ccccc2)sc1C(=O)NC(C)(C)CCC(=O)O. The number of rotatable bonds is 6. The summed E-state index contributed by atoms with van der Waals surface area (Å²) in [7, 11) is 0. The molecule has 2 rings (SSSR count). The maximum absolute atomic E-state index is 12.5. The van der Waals surface area contributed by atoms with Crippen molar-refractivity contribution in [2.75, 3.05) is 0 Å². The summed E-state index contributed by atoms with van der Waals surface area (Å²) in [4.78, 5) is 28.2. The van der Waals surface area contributed by atoms with Gasteiger partial charge in [-0.25, -0.2) is 4.98 Å². The van der Waals surface area contributed by atoms with Crippen molar-refractivity contribution in [3.8, 4) is 10.6 Å². The third kappa shape index (κ3) is 4.63. The van der Waals surface area contributed by atoms with E-state index in [1.165, 1.54) is 11.3 Å². The first-order valence-electron chi connectivity index (χ1n) is 7.36. The maximum Gasteiger partial charge on any atom is 0.303 e. The fraction of sp³-hybridized carbons (Fsp3) is 0.353. The van der Waals surface area contributed by atoms with Crippen LogP contribution in [0.25, 0.3) is 10.6 Å². The number of thiazole rings is 1. The van der Waals surface area contributed by atoms with Gasteiger partial charge in [0.15, 0.2) is 0 Å². The molecule has 1 amide bonds. The lowest BCUT2D eigenvalue weighted by Gasteiger charge is -2.25. The van der Waals surface area contributed by atoms with Gasteiger partial charge in [0.25, 0.3) is 5.91 Å². The minimum Gasteiger partial charge on any atom is -0.481 e. The standard InChI is InChI=1S/C17H20N2O3S/c1-11-14(15(22)19-17(2,3)10-9-13(20)21)23-16(18-11)12-7-5-4-6-8-12/h4-8H,9-10H2,1-3H3,(H,19,22)(H,20,21). The maximum atomic E-state index is 12.5. The predicted molar refractivity (Wildman–Crippen MR) is 90.7 cm³/mol. The van der Waals surface area contributed by atoms with Crippen LogP contribution in [-0.2, 0) is 4.79 Å². The van der Waals surface area contributed by atoms with Crippen LogP contribution in [-0.4, -0.2) is 27.5 Å². The molecule has 1 heterocycles. The summed E-state index contributed by atoms with van der Waals surface area (Å²) < 4.78 is 0. The van der Waals surface area contributed by atoms with Crippen LogP contribution >= 0.6 is 11.3 Å². The second-order valence-electron chi connectivity index (χ2n) is 6.03. The molecular formula is C17H20N2O3S. The Morgan fingerprint density at radius 2 is 1.91 bits per heavy atom. The molecule has 0 saturated carbocycles. The number of nitrogens with zero attached hydrogens (tertiary/aromatic N) is 1. The highest BCUT2D eigenvalue weighted by atomic mass is 32.1. The Bertz CT molecular complexity index is 708. The highest BCUT2D eigenvalue weighted by molar-refractivity contribution is 7.17. The summed E-state index contributed by atoms with van der Waals surface area (Å²) in [6.07, 6.45) is 0.391. The number of aryl methyl sites for hydroxylation is 1. The highest BCUT2D eigenvalue weighted by Crippen LogP contribution is 2.28. The average Bonchev–Trinajstić information content (AvgIpc) is 2.88. The molecule has 1 aromatic carbocycles. The van der Waals surface area contributed by atoms with Gasteiger partial charge in [-0.2, -0.15) is 0 Å². The molecule has 0 fully saturated rings. The van der Waals surface area contributed by atoms with E-state index in [4.69, 9.17) is 5.11 Å². The van der Waals surface area contributed by atoms with Crippen LogP contribution in [0.5, 0.6) is 0 Å². The first kappa shape index (κ1) is 17.1. The second-order valence-corrected chi connectivity index (χ2v) is 7.03. The Morgan fingerprint density at radius 1 is 1.26 bits per heavy atom. The third-order valence-corrected chi connectivity index (χ3v) is 4.64. The molecule has 2 aromatic rings. The topological polar surface area (TPSA) is 79.3 Å². The smallest absolute Gasteiger partial charge is 0.303 e. The molecule has 0 aliphatic heterocycles. The largest absolute Gasteiger partial charge is 0.481 e. The van der Waals surface area contributed by atoms with Gasteiger partial charge in [-0.05, 0) is 27.2 Å². The number of carboxylic acid groups (broad SMARTS) is 1. The molecule has 2 N–H and O–H groups in total. The number of carbonyl (C=O) groups is 2. The van der Waals surface area contributed by atoms with E-state index in [0.717, 1.165) is 10.6 Å². The van der Waals surface area contributed by atoms with Crippen LogP contribution in [0, 0.1) is 6.92 Å². The zero-order valence-corrected chi connectivity index (χ0v) is 14.2. The summed E-state index contributed by atoms with van der Waals surface area (Å²) in [6.45, 7) is 5.45. The molecule has 0 atom stereocenters. The summed E-state index contributed by atoms with van der Waals surface area (Å²) in [5, 5.41) is 12.5. The van der Waals surface area contributed by atoms with Crippen LogP contribution in [0.3, 0.4) is 0 Å². The number of hydrogen-bond donors (Lipinski definition) is 2. The summed E-state index contributed by atoms with van der Waals surface area (Å²) in [5.74, 6) is -1.08. The van der Waals surface area contributed by atoms with Crippen LogP contribution in [0.1, 0.15) is 42.1 Å². The monoisotopic (exact) mass is 332 g/mol. The lowest BCUT2D eigenvalue weighted by molar-refractivity contribution is -0.137. The molecule has 5 nitrogen and oxygen atoms in total. The Labute approximate surface area is 139 Å². The Kier molecular flexibility index (Phi) is 5.15. The number of nitrogens with one attached hydrogen (secondary N) is 1. The minimum absolute atomic E-state index is 0.0181. The Morgan fingerprint density at radius 3 is 2.52 bits per heavy atom. The van der Waals surface area contributed by atoms with Gasteiger partial charge in [0.1, 0.15) is 9.88 Å². The molecule has 0 bridgehead atoms. The zero-order chi connectivity index (χ0) is 17.0. The van der Waals surface area contributed by atoms with Gasteiger partial charge in [-0.3, -0.25) is 9.59 Å². The summed E-state index contributed by atoms with van der Waals surface area (Å²) >= 11 is 1.35. The van der Waals surface area contributed by atoms with Crippen molar-refractivity contribution in [1.29, 1.82) is 0 Å². The van der Waals surface area contributed by atoms with Crippen LogP contribution in [0.4, 0.5) is 0 Å². The fourth-order valence-electron chi connectivity index (χ4n) is 2.16. The first-order chi connectivity index (χ1) is 10.8. The molecule has 0 unspecified atom stereocenters. The summed E-state index contributed by atoms with van der Waals surface area (Å²) in [6, 6.07) is 9.71. The number of aliphatic carboxylic acids is 1. The van der Waals surface area contributed by atoms with E-state index >= 15 is 0 Å². The number of aromatic nitrogens is 1. The van der Waals surface area contributed by atoms with E-state index in [0.29, 0.717) is 17.0 Å². The lowest BCUT2D eigenvalue weighted by Crippen LogP contribution is -2.43. The van der Waals surface area contributed by atoms with E-state index in [9.17, 15) is 9.59 Å². The van der Waals surface area contributed by atoms with Gasteiger partial charge in [-0.1, -0.05) is 30.3 Å². The summed E-state index contributed by atoms with van der Waals surface area (Å²) in [5.41, 5.74) is 1.07. The van der Waals surface area contributed by atoms with Crippen molar-refractivity contribution in [2.45, 2.75) is 39.2 Å². The number of hydrogen-bond acceptors (Lipinski definition) is 4. The van der Waals surface area contributed by atoms with Crippen molar-refractivity contribution in [3.63, 3.8) is 0 Å². The van der Waals surface area contributed by atoms with E-state index < -0.39 is 11.5 Å². The van der Waals surface area contributed by atoms with E-state index in [2.05, 4.69) is 10.3 Å². The average molecular weight is 332 g/mol. The van der Waals surface area contributed by atoms with Crippen LogP contribution in [0.2, 0.25) is 0 Å². The van der Waals surface area contributed by atoms with Crippen molar-refractivity contribution < 1.29 is 14.7 Å². The van der Waals surface area contributed by atoms with Gasteiger partial charge in [-0.15, -0.1) is 11.3 Å². The predicted octanol–water partition coefficient (Wildman–Crippen LogP) is 3.49. The fourth-order valence-corrected chi connectivity index (χ4v) is 3.12. The second kappa shape index (κ2) is 6.91. The molecule has 0 saturated heterocycles. The zero-order valence-electron chi connectivity index (χ0n) is 13.4. The Balaban J connectivity index is 2.14. The van der Waals surface area contributed by atoms with Crippen LogP contribution in [0.15, 0.2) is 30.3 Å². The Hall–Kier alpha value is -2.21. The molecule has 6 heteroatoms. The normalized spacial score (nSPS) is 11.3. The number of carbonyl (C=O) groups excluding carboxylic acids is 1. The van der Waals surface area contributed by atoms with Gasteiger partial charge in [0.2, 0.25) is 0 Å². The first-order valence-corrected chi connectivity index (χ1v) is 8.17. The van der Waals surface area contributed by atoms with Gasteiger partial charge < -0.3 is 10.4 Å². The molecule has 0 spiro atoms. The molecule has 122 valence electrons. The molecule has 23 heavy (non-hydrogen) atoms. The van der Waals surface area contributed by atoms with E-state index in [1.807, 2.05) is 51.1 Å². The number of amides is 1. The molecular weight excluding hydrogens is 312 g/mol. The minimum atomic E-state index is -0.868. The lowest BCUT2D eigenvalue weighted by atomic mass is 9.98. The van der Waals surface area contributed by atoms with Crippen molar-refractivity contribution in [1.82, 2.24) is 10.3 Å². The molecule has 0 aliphatic carbocycles. The van der Waals surface area contributed by atoms with Crippen molar-refractivity contribution >= 4 is 23.2 Å². The number of benzene rings is 1. The van der Waals surface area contributed by atoms with Gasteiger partial charge in [0.05, 0.1) is 5.69 Å². The quantitative estimate of drug-likeness (QED) is 0.848. The highest BCUT2D eigenvalue weighted by Gasteiger charge is 2.24. The number of carboxylic acids is 1.